The van der Waals surface area contributed by atoms with Gasteiger partial charge in [0.1, 0.15) is 5.75 Å². The van der Waals surface area contributed by atoms with E-state index in [-0.39, 0.29) is 18.4 Å². The summed E-state index contributed by atoms with van der Waals surface area (Å²) in [6.45, 7) is 6.70. The molecule has 0 radical (unpaired) electrons. The Kier molecular flexibility index (Phi) is 7.89. The molecule has 0 saturated carbocycles. The van der Waals surface area contributed by atoms with Crippen molar-refractivity contribution in [3.8, 4) is 5.75 Å². The molecule has 0 aromatic heterocycles. The standard InChI is InChI=1S/C25H32N2O3/c1-3-22-7-4-5-8-23(22)30-19-25(29)27-16-6-15-26(17-18-27)24(28)14-13-21-11-9-20(2)10-12-21/h4-5,7-12H,3,6,13-19H2,1-2H3. The van der Waals surface area contributed by atoms with Crippen molar-refractivity contribution >= 4 is 11.8 Å². The van der Waals surface area contributed by atoms with Crippen LogP contribution in [0.25, 0.3) is 0 Å². The highest BCUT2D eigenvalue weighted by Crippen LogP contribution is 2.18. The minimum absolute atomic E-state index is 0.0186. The number of carbonyl (C=O) groups is 2. The molecule has 3 rings (SSSR count). The smallest absolute Gasteiger partial charge is 0.260 e. The van der Waals surface area contributed by atoms with Gasteiger partial charge < -0.3 is 14.5 Å². The fourth-order valence-electron chi connectivity index (χ4n) is 3.75. The summed E-state index contributed by atoms with van der Waals surface area (Å²) >= 11 is 0. The minimum Gasteiger partial charge on any atom is -0.483 e. The molecule has 30 heavy (non-hydrogen) atoms. The van der Waals surface area contributed by atoms with Crippen LogP contribution >= 0.6 is 0 Å². The second-order valence-electron chi connectivity index (χ2n) is 7.85. The maximum atomic E-state index is 12.6. The second kappa shape index (κ2) is 10.8. The first-order chi connectivity index (χ1) is 14.6. The average Bonchev–Trinajstić information content (AvgIpc) is 3.03. The van der Waals surface area contributed by atoms with Gasteiger partial charge >= 0.3 is 0 Å². The molecule has 1 aliphatic rings. The summed E-state index contributed by atoms with van der Waals surface area (Å²) in [5.41, 5.74) is 3.51. The molecule has 1 heterocycles. The van der Waals surface area contributed by atoms with Crippen molar-refractivity contribution < 1.29 is 14.3 Å². The van der Waals surface area contributed by atoms with Gasteiger partial charge in [0, 0.05) is 32.6 Å². The summed E-state index contributed by atoms with van der Waals surface area (Å²) in [4.78, 5) is 29.0. The second-order valence-corrected chi connectivity index (χ2v) is 7.85. The minimum atomic E-state index is -0.0186. The monoisotopic (exact) mass is 408 g/mol. The quantitative estimate of drug-likeness (QED) is 0.703. The first-order valence-corrected chi connectivity index (χ1v) is 10.9. The molecule has 0 bridgehead atoms. The average molecular weight is 409 g/mol. The zero-order chi connectivity index (χ0) is 21.3. The van der Waals surface area contributed by atoms with Crippen LogP contribution in [0.2, 0.25) is 0 Å². The summed E-state index contributed by atoms with van der Waals surface area (Å²) in [6, 6.07) is 16.2. The summed E-state index contributed by atoms with van der Waals surface area (Å²) in [5, 5.41) is 0. The predicted octanol–water partition coefficient (Wildman–Crippen LogP) is 3.63. The SMILES string of the molecule is CCc1ccccc1OCC(=O)N1CCCN(C(=O)CCc2ccc(C)cc2)CC1. The number of amides is 2. The first-order valence-electron chi connectivity index (χ1n) is 10.9. The van der Waals surface area contributed by atoms with E-state index in [1.165, 1.54) is 11.1 Å². The summed E-state index contributed by atoms with van der Waals surface area (Å²) in [5.74, 6) is 0.920. The van der Waals surface area contributed by atoms with Crippen LogP contribution in [-0.4, -0.2) is 54.4 Å². The summed E-state index contributed by atoms with van der Waals surface area (Å²) < 4.78 is 5.78. The van der Waals surface area contributed by atoms with Crippen LogP contribution in [-0.2, 0) is 22.4 Å². The van der Waals surface area contributed by atoms with Crippen LogP contribution < -0.4 is 4.74 Å². The van der Waals surface area contributed by atoms with Crippen LogP contribution in [0.4, 0.5) is 0 Å². The molecule has 0 aliphatic carbocycles. The van der Waals surface area contributed by atoms with E-state index < -0.39 is 0 Å². The molecule has 1 saturated heterocycles. The van der Waals surface area contributed by atoms with Gasteiger partial charge in [0.15, 0.2) is 6.61 Å². The molecule has 5 heteroatoms. The number of carbonyl (C=O) groups excluding carboxylic acids is 2. The van der Waals surface area contributed by atoms with Crippen molar-refractivity contribution in [2.24, 2.45) is 0 Å². The molecule has 0 N–H and O–H groups in total. The highest BCUT2D eigenvalue weighted by molar-refractivity contribution is 5.79. The highest BCUT2D eigenvalue weighted by Gasteiger charge is 2.22. The molecule has 1 aliphatic heterocycles. The van der Waals surface area contributed by atoms with Crippen LogP contribution in [0.5, 0.6) is 5.75 Å². The fourth-order valence-corrected chi connectivity index (χ4v) is 3.75. The number of hydrogen-bond donors (Lipinski definition) is 0. The van der Waals surface area contributed by atoms with E-state index in [1.54, 1.807) is 0 Å². The molecule has 0 atom stereocenters. The molecule has 5 nitrogen and oxygen atoms in total. The zero-order valence-corrected chi connectivity index (χ0v) is 18.1. The van der Waals surface area contributed by atoms with Crippen LogP contribution in [0.15, 0.2) is 48.5 Å². The fraction of sp³-hybridized carbons (Fsp3) is 0.440. The Morgan fingerprint density at radius 2 is 1.57 bits per heavy atom. The topological polar surface area (TPSA) is 49.9 Å². The van der Waals surface area contributed by atoms with Crippen molar-refractivity contribution in [1.29, 1.82) is 0 Å². The van der Waals surface area contributed by atoms with E-state index in [0.717, 1.165) is 30.6 Å². The van der Waals surface area contributed by atoms with Crippen molar-refractivity contribution in [1.82, 2.24) is 9.80 Å². The van der Waals surface area contributed by atoms with Crippen molar-refractivity contribution in [3.63, 3.8) is 0 Å². The number of rotatable bonds is 7. The van der Waals surface area contributed by atoms with Gasteiger partial charge in [-0.25, -0.2) is 0 Å². The van der Waals surface area contributed by atoms with Gasteiger partial charge in [0.2, 0.25) is 5.91 Å². The van der Waals surface area contributed by atoms with Gasteiger partial charge in [-0.1, -0.05) is 55.0 Å². The number of benzene rings is 2. The molecular formula is C25H32N2O3. The number of hydrogen-bond acceptors (Lipinski definition) is 3. The van der Waals surface area contributed by atoms with Gasteiger partial charge in [-0.2, -0.15) is 0 Å². The van der Waals surface area contributed by atoms with Crippen LogP contribution in [0.3, 0.4) is 0 Å². The van der Waals surface area contributed by atoms with Gasteiger partial charge in [0.05, 0.1) is 0 Å². The van der Waals surface area contributed by atoms with E-state index in [9.17, 15) is 9.59 Å². The highest BCUT2D eigenvalue weighted by atomic mass is 16.5. The Balaban J connectivity index is 1.46. The number of aryl methyl sites for hydroxylation is 3. The molecule has 160 valence electrons. The number of ether oxygens (including phenoxy) is 1. The molecule has 1 fully saturated rings. The Hall–Kier alpha value is -2.82. The lowest BCUT2D eigenvalue weighted by atomic mass is 10.1. The van der Waals surface area contributed by atoms with Crippen molar-refractivity contribution in [3.05, 3.63) is 65.2 Å². The Morgan fingerprint density at radius 1 is 0.900 bits per heavy atom. The molecule has 0 unspecified atom stereocenters. The maximum Gasteiger partial charge on any atom is 0.260 e. The Morgan fingerprint density at radius 3 is 2.27 bits per heavy atom. The van der Waals surface area contributed by atoms with Crippen LogP contribution in [0.1, 0.15) is 36.5 Å². The normalized spacial score (nSPS) is 14.3. The van der Waals surface area contributed by atoms with E-state index in [0.29, 0.717) is 32.6 Å². The van der Waals surface area contributed by atoms with Gasteiger partial charge in [0.25, 0.3) is 5.91 Å². The molecule has 2 aromatic carbocycles. The summed E-state index contributed by atoms with van der Waals surface area (Å²) in [7, 11) is 0. The third-order valence-electron chi connectivity index (χ3n) is 5.65. The third kappa shape index (κ3) is 6.09. The third-order valence-corrected chi connectivity index (χ3v) is 5.65. The van der Waals surface area contributed by atoms with E-state index in [2.05, 4.69) is 38.1 Å². The van der Waals surface area contributed by atoms with Gasteiger partial charge in [-0.15, -0.1) is 0 Å². The molecule has 2 amide bonds. The lowest BCUT2D eigenvalue weighted by Crippen LogP contribution is -2.39. The predicted molar refractivity (Wildman–Crippen MR) is 119 cm³/mol. The van der Waals surface area contributed by atoms with Crippen molar-refractivity contribution in [2.45, 2.75) is 39.5 Å². The number of para-hydroxylation sites is 1. The van der Waals surface area contributed by atoms with E-state index in [1.807, 2.05) is 34.1 Å². The van der Waals surface area contributed by atoms with Gasteiger partial charge in [-0.05, 0) is 43.4 Å². The van der Waals surface area contributed by atoms with E-state index in [4.69, 9.17) is 4.74 Å². The first kappa shape index (κ1) is 21.9. The molecule has 2 aromatic rings. The van der Waals surface area contributed by atoms with Crippen molar-refractivity contribution in [2.75, 3.05) is 32.8 Å². The Labute approximate surface area is 179 Å². The van der Waals surface area contributed by atoms with Gasteiger partial charge in [-0.3, -0.25) is 9.59 Å². The maximum absolute atomic E-state index is 12.6. The van der Waals surface area contributed by atoms with Crippen LogP contribution in [0, 0.1) is 6.92 Å². The zero-order valence-electron chi connectivity index (χ0n) is 18.1. The Bertz CT molecular complexity index is 848. The molecular weight excluding hydrogens is 376 g/mol. The van der Waals surface area contributed by atoms with E-state index >= 15 is 0 Å². The lowest BCUT2D eigenvalue weighted by molar-refractivity contribution is -0.134. The molecule has 0 spiro atoms. The number of nitrogens with zero attached hydrogens (tertiary/aromatic N) is 2. The lowest BCUT2D eigenvalue weighted by Gasteiger charge is -2.22. The summed E-state index contributed by atoms with van der Waals surface area (Å²) in [6.07, 6.45) is 2.93. The largest absolute Gasteiger partial charge is 0.483 e.